The minimum atomic E-state index is 0.569. The monoisotopic (exact) mass is 286 g/mol. The summed E-state index contributed by atoms with van der Waals surface area (Å²) in [5.74, 6) is 1.41. The second-order valence-electron chi connectivity index (χ2n) is 2.94. The molecular formula is C11H8BrClO2. The first-order valence-corrected chi connectivity index (χ1v) is 5.46. The van der Waals surface area contributed by atoms with Crippen molar-refractivity contribution in [3.8, 4) is 17.1 Å². The van der Waals surface area contributed by atoms with Crippen LogP contribution in [0.5, 0.6) is 5.75 Å². The van der Waals surface area contributed by atoms with E-state index in [2.05, 4.69) is 15.9 Å². The summed E-state index contributed by atoms with van der Waals surface area (Å²) in [6.07, 6.45) is 1.63. The van der Waals surface area contributed by atoms with Crippen LogP contribution in [0.2, 0.25) is 5.02 Å². The molecule has 0 saturated carbocycles. The number of hydrogen-bond donors (Lipinski definition) is 0. The van der Waals surface area contributed by atoms with Crippen LogP contribution < -0.4 is 4.74 Å². The molecule has 2 aromatic rings. The third-order valence-corrected chi connectivity index (χ3v) is 2.98. The van der Waals surface area contributed by atoms with E-state index in [-0.39, 0.29) is 0 Å². The van der Waals surface area contributed by atoms with E-state index in [1.54, 1.807) is 19.4 Å². The van der Waals surface area contributed by atoms with E-state index in [1.165, 1.54) is 0 Å². The molecule has 0 aliphatic carbocycles. The molecule has 0 aliphatic heterocycles. The molecule has 1 aromatic heterocycles. The molecule has 0 atom stereocenters. The van der Waals surface area contributed by atoms with Crippen LogP contribution >= 0.6 is 27.5 Å². The van der Waals surface area contributed by atoms with Crippen molar-refractivity contribution in [3.05, 3.63) is 40.0 Å². The molecule has 0 unspecified atom stereocenters. The van der Waals surface area contributed by atoms with Crippen molar-refractivity contribution in [3.63, 3.8) is 0 Å². The van der Waals surface area contributed by atoms with E-state index >= 15 is 0 Å². The van der Waals surface area contributed by atoms with Crippen LogP contribution in [0.25, 0.3) is 11.3 Å². The van der Waals surface area contributed by atoms with Crippen LogP contribution in [0.15, 0.2) is 39.4 Å². The van der Waals surface area contributed by atoms with Crippen LogP contribution in [0.4, 0.5) is 0 Å². The zero-order valence-electron chi connectivity index (χ0n) is 7.96. The van der Waals surface area contributed by atoms with E-state index < -0.39 is 0 Å². The topological polar surface area (TPSA) is 22.4 Å². The van der Waals surface area contributed by atoms with Crippen molar-refractivity contribution in [1.82, 2.24) is 0 Å². The fraction of sp³-hybridized carbons (Fsp3) is 0.0909. The number of rotatable bonds is 2. The molecule has 15 heavy (non-hydrogen) atoms. The summed E-state index contributed by atoms with van der Waals surface area (Å²) in [5.41, 5.74) is 0.918. The number of benzene rings is 1. The second-order valence-corrected chi connectivity index (χ2v) is 4.21. The molecule has 0 aliphatic rings. The standard InChI is InChI=1S/C11H8BrClO2/c1-14-11-5-7(8(12)6-9(11)13)10-3-2-4-15-10/h2-6H,1H3. The zero-order chi connectivity index (χ0) is 10.8. The first-order valence-electron chi connectivity index (χ1n) is 4.29. The Hall–Kier alpha value is -0.930. The smallest absolute Gasteiger partial charge is 0.138 e. The van der Waals surface area contributed by atoms with Gasteiger partial charge in [0, 0.05) is 10.0 Å². The summed E-state index contributed by atoms with van der Waals surface area (Å²) in [6, 6.07) is 7.35. The Morgan fingerprint density at radius 1 is 1.40 bits per heavy atom. The Labute approximate surface area is 101 Å². The maximum Gasteiger partial charge on any atom is 0.138 e. The second kappa shape index (κ2) is 4.29. The summed E-state index contributed by atoms with van der Waals surface area (Å²) < 4.78 is 11.3. The number of methoxy groups -OCH3 is 1. The lowest BCUT2D eigenvalue weighted by atomic mass is 10.1. The Bertz CT molecular complexity index is 466. The van der Waals surface area contributed by atoms with Crippen molar-refractivity contribution in [2.45, 2.75) is 0 Å². The lowest BCUT2D eigenvalue weighted by Crippen LogP contribution is -1.86. The van der Waals surface area contributed by atoms with E-state index in [0.717, 1.165) is 15.8 Å². The first-order chi connectivity index (χ1) is 7.22. The molecule has 0 radical (unpaired) electrons. The summed E-state index contributed by atoms with van der Waals surface area (Å²) >= 11 is 9.41. The maximum atomic E-state index is 5.98. The molecular weight excluding hydrogens is 279 g/mol. The Kier molecular flexibility index (Phi) is 3.03. The minimum Gasteiger partial charge on any atom is -0.495 e. The highest BCUT2D eigenvalue weighted by Gasteiger charge is 2.10. The molecule has 0 fully saturated rings. The first kappa shape index (κ1) is 10.6. The third-order valence-electron chi connectivity index (χ3n) is 2.03. The van der Waals surface area contributed by atoms with Crippen LogP contribution in [0, 0.1) is 0 Å². The highest BCUT2D eigenvalue weighted by Crippen LogP contribution is 2.36. The largest absolute Gasteiger partial charge is 0.495 e. The van der Waals surface area contributed by atoms with Gasteiger partial charge in [0.25, 0.3) is 0 Å². The molecule has 2 nitrogen and oxygen atoms in total. The number of ether oxygens (including phenoxy) is 1. The minimum absolute atomic E-state index is 0.569. The maximum absolute atomic E-state index is 5.98. The van der Waals surface area contributed by atoms with Gasteiger partial charge >= 0.3 is 0 Å². The van der Waals surface area contributed by atoms with Gasteiger partial charge in [0.05, 0.1) is 18.4 Å². The predicted molar refractivity (Wildman–Crippen MR) is 63.4 cm³/mol. The van der Waals surface area contributed by atoms with Crippen LogP contribution in [-0.2, 0) is 0 Å². The predicted octanol–water partition coefficient (Wildman–Crippen LogP) is 4.37. The van der Waals surface area contributed by atoms with Crippen LogP contribution in [0.1, 0.15) is 0 Å². The van der Waals surface area contributed by atoms with Gasteiger partial charge in [-0.2, -0.15) is 0 Å². The molecule has 78 valence electrons. The van der Waals surface area contributed by atoms with Gasteiger partial charge in [0.1, 0.15) is 11.5 Å². The summed E-state index contributed by atoms with van der Waals surface area (Å²) in [5, 5.41) is 0.569. The van der Waals surface area contributed by atoms with Crippen molar-refractivity contribution < 1.29 is 9.15 Å². The van der Waals surface area contributed by atoms with E-state index in [9.17, 15) is 0 Å². The van der Waals surface area contributed by atoms with Crippen molar-refractivity contribution in [2.75, 3.05) is 7.11 Å². The molecule has 0 saturated heterocycles. The van der Waals surface area contributed by atoms with Crippen molar-refractivity contribution in [1.29, 1.82) is 0 Å². The van der Waals surface area contributed by atoms with Gasteiger partial charge in [-0.25, -0.2) is 0 Å². The molecule has 0 N–H and O–H groups in total. The van der Waals surface area contributed by atoms with Gasteiger partial charge in [-0.3, -0.25) is 0 Å². The summed E-state index contributed by atoms with van der Waals surface area (Å²) in [7, 11) is 1.58. The molecule has 2 rings (SSSR count). The van der Waals surface area contributed by atoms with Crippen LogP contribution in [-0.4, -0.2) is 7.11 Å². The lowest BCUT2D eigenvalue weighted by molar-refractivity contribution is 0.415. The average molecular weight is 288 g/mol. The highest BCUT2D eigenvalue weighted by molar-refractivity contribution is 9.10. The van der Waals surface area contributed by atoms with Crippen LogP contribution in [0.3, 0.4) is 0 Å². The fourth-order valence-corrected chi connectivity index (χ4v) is 2.22. The fourth-order valence-electron chi connectivity index (χ4n) is 1.31. The zero-order valence-corrected chi connectivity index (χ0v) is 10.3. The number of furan rings is 1. The van der Waals surface area contributed by atoms with E-state index in [0.29, 0.717) is 10.8 Å². The van der Waals surface area contributed by atoms with Gasteiger partial charge in [-0.05, 0) is 40.2 Å². The van der Waals surface area contributed by atoms with E-state index in [4.69, 9.17) is 20.8 Å². The third kappa shape index (κ3) is 2.03. The van der Waals surface area contributed by atoms with Gasteiger partial charge in [-0.1, -0.05) is 11.6 Å². The summed E-state index contributed by atoms with van der Waals surface area (Å²) in [6.45, 7) is 0. The molecule has 1 heterocycles. The quantitative estimate of drug-likeness (QED) is 0.818. The lowest BCUT2D eigenvalue weighted by Gasteiger charge is -2.07. The molecule has 0 spiro atoms. The number of hydrogen-bond acceptors (Lipinski definition) is 2. The van der Waals surface area contributed by atoms with Crippen molar-refractivity contribution in [2.24, 2.45) is 0 Å². The van der Waals surface area contributed by atoms with Gasteiger partial charge in [0.2, 0.25) is 0 Å². The SMILES string of the molecule is COc1cc(-c2ccco2)c(Br)cc1Cl. The average Bonchev–Trinajstić information content (AvgIpc) is 2.71. The Morgan fingerprint density at radius 2 is 2.20 bits per heavy atom. The Morgan fingerprint density at radius 3 is 2.80 bits per heavy atom. The van der Waals surface area contributed by atoms with E-state index in [1.807, 2.05) is 18.2 Å². The van der Waals surface area contributed by atoms with Gasteiger partial charge in [-0.15, -0.1) is 0 Å². The molecule has 4 heteroatoms. The number of halogens is 2. The van der Waals surface area contributed by atoms with Crippen molar-refractivity contribution >= 4 is 27.5 Å². The Balaban J connectivity index is 2.57. The molecule has 1 aromatic carbocycles. The molecule has 0 bridgehead atoms. The molecule has 0 amide bonds. The highest BCUT2D eigenvalue weighted by atomic mass is 79.9. The normalized spacial score (nSPS) is 10.3. The van der Waals surface area contributed by atoms with Gasteiger partial charge < -0.3 is 9.15 Å². The van der Waals surface area contributed by atoms with Gasteiger partial charge in [0.15, 0.2) is 0 Å². The summed E-state index contributed by atoms with van der Waals surface area (Å²) in [4.78, 5) is 0.